The summed E-state index contributed by atoms with van der Waals surface area (Å²) in [6.45, 7) is 4.33. The topological polar surface area (TPSA) is 74.5 Å². The first kappa shape index (κ1) is 11.4. The van der Waals surface area contributed by atoms with E-state index in [4.69, 9.17) is 19.9 Å². The van der Waals surface area contributed by atoms with E-state index in [0.29, 0.717) is 26.1 Å². The number of hydrogen-bond acceptors (Lipinski definition) is 5. The third-order valence-electron chi connectivity index (χ3n) is 2.34. The molecule has 1 fully saturated rings. The second-order valence-electron chi connectivity index (χ2n) is 4.03. The van der Waals surface area contributed by atoms with E-state index < -0.39 is 11.3 Å². The van der Waals surface area contributed by atoms with Crippen molar-refractivity contribution in [3.63, 3.8) is 0 Å². The Bertz CT molecular complexity index is 225. The van der Waals surface area contributed by atoms with Crippen LogP contribution in [0.2, 0.25) is 0 Å². The van der Waals surface area contributed by atoms with Gasteiger partial charge in [-0.2, -0.15) is 10.7 Å². The zero-order valence-corrected chi connectivity index (χ0v) is 8.54. The summed E-state index contributed by atoms with van der Waals surface area (Å²) in [5.41, 5.74) is 1.56. The van der Waals surface area contributed by atoms with Gasteiger partial charge in [0.05, 0.1) is 24.8 Å². The molecule has 0 saturated carbocycles. The van der Waals surface area contributed by atoms with E-state index in [9.17, 15) is 0 Å². The standard InChI is InChI=1S/C9H16N2O3/c1-8(2)13-6-9(11-12,7-14-8)4-3-5-10/h11-12H,3-4,6-7H2,1-2H3. The third kappa shape index (κ3) is 2.66. The van der Waals surface area contributed by atoms with E-state index in [0.717, 1.165) is 0 Å². The first-order chi connectivity index (χ1) is 6.54. The van der Waals surface area contributed by atoms with Crippen molar-refractivity contribution in [2.45, 2.75) is 38.0 Å². The van der Waals surface area contributed by atoms with Gasteiger partial charge in [0.15, 0.2) is 5.79 Å². The zero-order valence-electron chi connectivity index (χ0n) is 8.54. The molecule has 1 saturated heterocycles. The lowest BCUT2D eigenvalue weighted by Gasteiger charge is -2.42. The van der Waals surface area contributed by atoms with Gasteiger partial charge >= 0.3 is 0 Å². The van der Waals surface area contributed by atoms with E-state index in [2.05, 4.69) is 5.48 Å². The molecule has 0 amide bonds. The Morgan fingerprint density at radius 1 is 1.43 bits per heavy atom. The lowest BCUT2D eigenvalue weighted by atomic mass is 9.95. The fraction of sp³-hybridized carbons (Fsp3) is 0.889. The van der Waals surface area contributed by atoms with Crippen molar-refractivity contribution in [3.05, 3.63) is 0 Å². The average Bonchev–Trinajstić information content (AvgIpc) is 2.18. The van der Waals surface area contributed by atoms with E-state index in [1.165, 1.54) is 0 Å². The van der Waals surface area contributed by atoms with Crippen molar-refractivity contribution >= 4 is 0 Å². The maximum atomic E-state index is 9.02. The molecular formula is C9H16N2O3. The predicted octanol–water partition coefficient (Wildman–Crippen LogP) is 0.791. The minimum absolute atomic E-state index is 0.345. The van der Waals surface area contributed by atoms with Crippen LogP contribution in [-0.2, 0) is 9.47 Å². The van der Waals surface area contributed by atoms with Gasteiger partial charge in [-0.1, -0.05) is 0 Å². The highest BCUT2D eigenvalue weighted by atomic mass is 16.7. The summed E-state index contributed by atoms with van der Waals surface area (Å²) in [7, 11) is 0. The second-order valence-corrected chi connectivity index (χ2v) is 4.03. The van der Waals surface area contributed by atoms with Gasteiger partial charge in [-0.25, -0.2) is 0 Å². The van der Waals surface area contributed by atoms with Gasteiger partial charge in [-0.15, -0.1) is 0 Å². The number of nitriles is 1. The number of rotatable bonds is 3. The molecule has 0 aliphatic carbocycles. The second kappa shape index (κ2) is 4.24. The van der Waals surface area contributed by atoms with E-state index in [1.54, 1.807) is 0 Å². The maximum absolute atomic E-state index is 9.02. The summed E-state index contributed by atoms with van der Waals surface area (Å²) in [5.74, 6) is -0.604. The molecule has 0 unspecified atom stereocenters. The molecule has 0 atom stereocenters. The van der Waals surface area contributed by atoms with Gasteiger partial charge < -0.3 is 14.7 Å². The Hall–Kier alpha value is -0.670. The molecule has 1 rings (SSSR count). The molecule has 1 heterocycles. The molecule has 0 aromatic heterocycles. The Balaban J connectivity index is 2.53. The van der Waals surface area contributed by atoms with Crippen molar-refractivity contribution in [3.8, 4) is 6.07 Å². The highest BCUT2D eigenvalue weighted by Gasteiger charge is 2.39. The molecule has 80 valence electrons. The minimum atomic E-state index is -0.634. The summed E-state index contributed by atoms with van der Waals surface area (Å²) in [4.78, 5) is 0. The molecule has 1 aliphatic rings. The number of ether oxygens (including phenoxy) is 2. The number of nitrogens with one attached hydrogen (secondary N) is 1. The van der Waals surface area contributed by atoms with Crippen molar-refractivity contribution in [1.29, 1.82) is 5.26 Å². The summed E-state index contributed by atoms with van der Waals surface area (Å²) in [5, 5.41) is 17.5. The van der Waals surface area contributed by atoms with E-state index in [-0.39, 0.29) is 0 Å². The highest BCUT2D eigenvalue weighted by Crippen LogP contribution is 2.26. The van der Waals surface area contributed by atoms with E-state index >= 15 is 0 Å². The van der Waals surface area contributed by atoms with Crippen molar-refractivity contribution in [2.75, 3.05) is 13.2 Å². The zero-order chi connectivity index (χ0) is 10.7. The molecule has 5 nitrogen and oxygen atoms in total. The molecule has 0 radical (unpaired) electrons. The Kier molecular flexibility index (Phi) is 3.45. The molecular weight excluding hydrogens is 184 g/mol. The monoisotopic (exact) mass is 200 g/mol. The van der Waals surface area contributed by atoms with Gasteiger partial charge in [-0.05, 0) is 20.3 Å². The smallest absolute Gasteiger partial charge is 0.162 e. The average molecular weight is 200 g/mol. The van der Waals surface area contributed by atoms with Crippen LogP contribution in [0, 0.1) is 11.3 Å². The van der Waals surface area contributed by atoms with Crippen LogP contribution in [0.5, 0.6) is 0 Å². The highest BCUT2D eigenvalue weighted by molar-refractivity contribution is 4.91. The molecule has 0 spiro atoms. The molecule has 2 N–H and O–H groups in total. The normalized spacial score (nSPS) is 24.1. The fourth-order valence-electron chi connectivity index (χ4n) is 1.27. The third-order valence-corrected chi connectivity index (χ3v) is 2.34. The predicted molar refractivity (Wildman–Crippen MR) is 48.5 cm³/mol. The molecule has 5 heteroatoms. The van der Waals surface area contributed by atoms with Crippen molar-refractivity contribution < 1.29 is 14.7 Å². The summed E-state index contributed by atoms with van der Waals surface area (Å²) >= 11 is 0. The van der Waals surface area contributed by atoms with Gasteiger partial charge in [0.2, 0.25) is 0 Å². The van der Waals surface area contributed by atoms with Crippen LogP contribution >= 0.6 is 0 Å². The quantitative estimate of drug-likeness (QED) is 0.659. The van der Waals surface area contributed by atoms with Crippen LogP contribution in [0.15, 0.2) is 0 Å². The van der Waals surface area contributed by atoms with Crippen LogP contribution in [0.25, 0.3) is 0 Å². The van der Waals surface area contributed by atoms with Gasteiger partial charge in [0.25, 0.3) is 0 Å². The SMILES string of the molecule is CC1(C)OCC(CCC#N)(NO)CO1. The first-order valence-electron chi connectivity index (χ1n) is 4.60. The maximum Gasteiger partial charge on any atom is 0.162 e. The summed E-state index contributed by atoms with van der Waals surface area (Å²) < 4.78 is 10.8. The molecule has 0 aromatic carbocycles. The Labute approximate surface area is 83.6 Å². The molecule has 0 bridgehead atoms. The van der Waals surface area contributed by atoms with Crippen LogP contribution in [-0.4, -0.2) is 29.7 Å². The summed E-state index contributed by atoms with van der Waals surface area (Å²) in [6.07, 6.45) is 0.872. The van der Waals surface area contributed by atoms with Gasteiger partial charge in [-0.3, -0.25) is 0 Å². The fourth-order valence-corrected chi connectivity index (χ4v) is 1.27. The number of hydroxylamine groups is 1. The van der Waals surface area contributed by atoms with Crippen LogP contribution < -0.4 is 5.48 Å². The molecule has 1 aliphatic heterocycles. The van der Waals surface area contributed by atoms with Gasteiger partial charge in [0, 0.05) is 6.42 Å². The summed E-state index contributed by atoms with van der Waals surface area (Å²) in [6, 6.07) is 2.03. The van der Waals surface area contributed by atoms with Crippen LogP contribution in [0.1, 0.15) is 26.7 Å². The molecule has 14 heavy (non-hydrogen) atoms. The van der Waals surface area contributed by atoms with Crippen LogP contribution in [0.4, 0.5) is 0 Å². The number of hydrogen-bond donors (Lipinski definition) is 2. The van der Waals surface area contributed by atoms with Crippen LogP contribution in [0.3, 0.4) is 0 Å². The Morgan fingerprint density at radius 3 is 2.43 bits per heavy atom. The lowest BCUT2D eigenvalue weighted by molar-refractivity contribution is -0.282. The van der Waals surface area contributed by atoms with Gasteiger partial charge in [0.1, 0.15) is 0 Å². The largest absolute Gasteiger partial charge is 0.348 e. The van der Waals surface area contributed by atoms with E-state index in [1.807, 2.05) is 19.9 Å². The first-order valence-corrected chi connectivity index (χ1v) is 4.60. The minimum Gasteiger partial charge on any atom is -0.348 e. The van der Waals surface area contributed by atoms with Crippen molar-refractivity contribution in [1.82, 2.24) is 5.48 Å². The lowest BCUT2D eigenvalue weighted by Crippen LogP contribution is -2.58. The number of nitrogens with zero attached hydrogens (tertiary/aromatic N) is 1. The molecule has 0 aromatic rings. The van der Waals surface area contributed by atoms with Crippen molar-refractivity contribution in [2.24, 2.45) is 0 Å². The Morgan fingerprint density at radius 2 is 2.00 bits per heavy atom.